The molecule has 0 bridgehead atoms. The molecule has 0 aliphatic rings. The van der Waals surface area contributed by atoms with Gasteiger partial charge in [-0.15, -0.1) is 0 Å². The molecule has 7 nitrogen and oxygen atoms in total. The van der Waals surface area contributed by atoms with Crippen molar-refractivity contribution in [2.45, 2.75) is 13.8 Å². The fourth-order valence-electron chi connectivity index (χ4n) is 2.16. The van der Waals surface area contributed by atoms with Crippen molar-refractivity contribution in [1.29, 1.82) is 0 Å². The average Bonchev–Trinajstić information content (AvgIpc) is 2.48. The van der Waals surface area contributed by atoms with Gasteiger partial charge in [-0.3, -0.25) is 19.9 Å². The number of nitro groups is 1. The number of fused-ring (bicyclic) bond motifs is 1. The second kappa shape index (κ2) is 5.74. The topological polar surface area (TPSA) is 96.6 Å². The van der Waals surface area contributed by atoms with Crippen molar-refractivity contribution in [2.24, 2.45) is 0 Å². The van der Waals surface area contributed by atoms with E-state index in [2.05, 4.69) is 4.98 Å². The van der Waals surface area contributed by atoms with Crippen LogP contribution in [-0.2, 0) is 0 Å². The summed E-state index contributed by atoms with van der Waals surface area (Å²) in [5.41, 5.74) is 0.185. The molecule has 0 unspecified atom stereocenters. The van der Waals surface area contributed by atoms with Gasteiger partial charge >= 0.3 is 0 Å². The number of nitrogens with zero attached hydrogens (tertiary/aromatic N) is 3. The van der Waals surface area contributed by atoms with Gasteiger partial charge in [-0.25, -0.2) is 0 Å². The second-order valence-electron chi connectivity index (χ2n) is 4.46. The molecule has 110 valence electrons. The number of nitro benzene ring substituents is 1. The molecule has 1 amide bonds. The molecule has 0 saturated carbocycles. The number of aromatic nitrogens is 1. The molecule has 1 N–H and O–H groups in total. The summed E-state index contributed by atoms with van der Waals surface area (Å²) in [6.45, 7) is 4.78. The maximum atomic E-state index is 12.3. The van der Waals surface area contributed by atoms with Crippen molar-refractivity contribution in [2.75, 3.05) is 13.1 Å². The zero-order valence-corrected chi connectivity index (χ0v) is 11.7. The normalized spacial score (nSPS) is 10.6. The smallest absolute Gasteiger partial charge is 0.279 e. The van der Waals surface area contributed by atoms with Crippen LogP contribution in [0.25, 0.3) is 10.9 Å². The highest BCUT2D eigenvalue weighted by atomic mass is 16.6. The number of hydrogen-bond acceptors (Lipinski definition) is 5. The van der Waals surface area contributed by atoms with E-state index in [-0.39, 0.29) is 33.8 Å². The Balaban J connectivity index is 2.62. The lowest BCUT2D eigenvalue weighted by molar-refractivity contribution is -0.383. The van der Waals surface area contributed by atoms with Gasteiger partial charge in [0.1, 0.15) is 11.3 Å². The molecule has 7 heteroatoms. The Morgan fingerprint density at radius 2 is 2.05 bits per heavy atom. The van der Waals surface area contributed by atoms with Crippen LogP contribution < -0.4 is 0 Å². The predicted molar refractivity (Wildman–Crippen MR) is 77.3 cm³/mol. The van der Waals surface area contributed by atoms with Crippen LogP contribution in [0.1, 0.15) is 24.2 Å². The fourth-order valence-corrected chi connectivity index (χ4v) is 2.16. The molecule has 0 spiro atoms. The van der Waals surface area contributed by atoms with E-state index in [1.165, 1.54) is 24.4 Å². The molecule has 2 aromatic rings. The lowest BCUT2D eigenvalue weighted by Crippen LogP contribution is -2.30. The molecule has 1 aromatic heterocycles. The number of aromatic hydroxyl groups is 1. The number of carbonyl (C=O) groups excluding carboxylic acids is 1. The molecule has 2 rings (SSSR count). The number of amides is 1. The van der Waals surface area contributed by atoms with Gasteiger partial charge in [-0.1, -0.05) is 0 Å². The highest BCUT2D eigenvalue weighted by molar-refractivity contribution is 6.00. The number of rotatable bonds is 4. The number of non-ortho nitro benzene ring substituents is 1. The van der Waals surface area contributed by atoms with Crippen LogP contribution in [0.5, 0.6) is 5.75 Å². The van der Waals surface area contributed by atoms with E-state index in [0.29, 0.717) is 13.1 Å². The summed E-state index contributed by atoms with van der Waals surface area (Å²) >= 11 is 0. The molecular weight excluding hydrogens is 274 g/mol. The summed E-state index contributed by atoms with van der Waals surface area (Å²) in [6.07, 6.45) is 1.33. The zero-order valence-electron chi connectivity index (χ0n) is 11.7. The van der Waals surface area contributed by atoms with Crippen molar-refractivity contribution in [3.8, 4) is 5.75 Å². The van der Waals surface area contributed by atoms with Gasteiger partial charge in [-0.05, 0) is 26.0 Å². The Bertz CT molecular complexity index is 711. The summed E-state index contributed by atoms with van der Waals surface area (Å²) in [5, 5.41) is 20.9. The van der Waals surface area contributed by atoms with Gasteiger partial charge in [0.2, 0.25) is 0 Å². The van der Waals surface area contributed by atoms with Gasteiger partial charge in [0, 0.05) is 25.4 Å². The lowest BCUT2D eigenvalue weighted by Gasteiger charge is -2.18. The van der Waals surface area contributed by atoms with E-state index in [1.54, 1.807) is 4.90 Å². The van der Waals surface area contributed by atoms with Gasteiger partial charge in [0.05, 0.1) is 15.9 Å². The Labute approximate surface area is 121 Å². The van der Waals surface area contributed by atoms with E-state index < -0.39 is 4.92 Å². The van der Waals surface area contributed by atoms with Crippen LogP contribution >= 0.6 is 0 Å². The Morgan fingerprint density at radius 3 is 2.62 bits per heavy atom. The molecule has 0 fully saturated rings. The summed E-state index contributed by atoms with van der Waals surface area (Å²) in [6, 6.07) is 3.82. The molecule has 1 heterocycles. The van der Waals surface area contributed by atoms with Crippen LogP contribution in [0.2, 0.25) is 0 Å². The summed E-state index contributed by atoms with van der Waals surface area (Å²) < 4.78 is 0. The Hall–Kier alpha value is -2.70. The standard InChI is InChI=1S/C14H15N3O4/c1-3-16(4-2)14(19)9-7-10-11(17(20)21)5-6-12(18)13(10)15-8-9/h5-8,18H,3-4H2,1-2H3. The Kier molecular flexibility index (Phi) is 4.02. The monoisotopic (exact) mass is 289 g/mol. The molecule has 0 saturated heterocycles. The van der Waals surface area contributed by atoms with Crippen LogP contribution in [0.4, 0.5) is 5.69 Å². The first kappa shape index (κ1) is 14.7. The van der Waals surface area contributed by atoms with Crippen molar-refractivity contribution in [3.05, 3.63) is 40.1 Å². The minimum absolute atomic E-state index is 0.111. The molecule has 21 heavy (non-hydrogen) atoms. The van der Waals surface area contributed by atoms with Crippen LogP contribution in [0.3, 0.4) is 0 Å². The molecule has 0 aliphatic carbocycles. The molecule has 0 aliphatic heterocycles. The van der Waals surface area contributed by atoms with Crippen LogP contribution in [0.15, 0.2) is 24.4 Å². The first-order valence-corrected chi connectivity index (χ1v) is 6.55. The third-order valence-electron chi connectivity index (χ3n) is 3.30. The number of pyridine rings is 1. The SMILES string of the molecule is CCN(CC)C(=O)c1cnc2c(O)ccc([N+](=O)[O-])c2c1. The van der Waals surface area contributed by atoms with Crippen molar-refractivity contribution in [1.82, 2.24) is 9.88 Å². The first-order valence-electron chi connectivity index (χ1n) is 6.55. The molecule has 0 atom stereocenters. The maximum Gasteiger partial charge on any atom is 0.279 e. The van der Waals surface area contributed by atoms with Crippen molar-refractivity contribution in [3.63, 3.8) is 0 Å². The quantitative estimate of drug-likeness (QED) is 0.688. The first-order chi connectivity index (χ1) is 9.99. The second-order valence-corrected chi connectivity index (χ2v) is 4.46. The molecule has 0 radical (unpaired) electrons. The minimum Gasteiger partial charge on any atom is -0.506 e. The van der Waals surface area contributed by atoms with Crippen molar-refractivity contribution >= 4 is 22.5 Å². The number of phenolic OH excluding ortho intramolecular Hbond substituents is 1. The fraction of sp³-hybridized carbons (Fsp3) is 0.286. The molecule has 1 aromatic carbocycles. The van der Waals surface area contributed by atoms with Crippen LogP contribution in [-0.4, -0.2) is 38.9 Å². The van der Waals surface area contributed by atoms with Crippen LogP contribution in [0, 0.1) is 10.1 Å². The number of carbonyl (C=O) groups is 1. The van der Waals surface area contributed by atoms with Gasteiger partial charge in [0.25, 0.3) is 11.6 Å². The number of hydrogen-bond donors (Lipinski definition) is 1. The highest BCUT2D eigenvalue weighted by Crippen LogP contribution is 2.31. The van der Waals surface area contributed by atoms with Gasteiger partial charge < -0.3 is 10.0 Å². The third-order valence-corrected chi connectivity index (χ3v) is 3.30. The zero-order chi connectivity index (χ0) is 15.6. The number of benzene rings is 1. The lowest BCUT2D eigenvalue weighted by atomic mass is 10.1. The average molecular weight is 289 g/mol. The maximum absolute atomic E-state index is 12.3. The largest absolute Gasteiger partial charge is 0.506 e. The highest BCUT2D eigenvalue weighted by Gasteiger charge is 2.19. The predicted octanol–water partition coefficient (Wildman–Crippen LogP) is 2.33. The number of phenols is 1. The minimum atomic E-state index is -0.560. The van der Waals surface area contributed by atoms with E-state index in [4.69, 9.17) is 0 Å². The summed E-state index contributed by atoms with van der Waals surface area (Å²) in [5.74, 6) is -0.399. The summed E-state index contributed by atoms with van der Waals surface area (Å²) in [7, 11) is 0. The van der Waals surface area contributed by atoms with E-state index in [0.717, 1.165) is 0 Å². The van der Waals surface area contributed by atoms with Gasteiger partial charge in [0.15, 0.2) is 0 Å². The van der Waals surface area contributed by atoms with E-state index in [9.17, 15) is 20.0 Å². The Morgan fingerprint density at radius 1 is 1.38 bits per heavy atom. The van der Waals surface area contributed by atoms with E-state index in [1.807, 2.05) is 13.8 Å². The molecular formula is C14H15N3O4. The van der Waals surface area contributed by atoms with E-state index >= 15 is 0 Å². The van der Waals surface area contributed by atoms with Gasteiger partial charge in [-0.2, -0.15) is 0 Å². The van der Waals surface area contributed by atoms with Crippen molar-refractivity contribution < 1.29 is 14.8 Å². The summed E-state index contributed by atoms with van der Waals surface area (Å²) in [4.78, 5) is 28.4. The third kappa shape index (κ3) is 2.62.